The lowest BCUT2D eigenvalue weighted by molar-refractivity contribution is 1.17. The number of nitrogens with zero attached hydrogens (tertiary/aromatic N) is 1. The zero-order valence-electron chi connectivity index (χ0n) is 21.9. The molecule has 7 aromatic rings. The van der Waals surface area contributed by atoms with Crippen molar-refractivity contribution in [1.29, 1.82) is 0 Å². The quantitative estimate of drug-likeness (QED) is 0.229. The van der Waals surface area contributed by atoms with Gasteiger partial charge in [0.2, 0.25) is 0 Å². The van der Waals surface area contributed by atoms with Crippen LogP contribution in [-0.2, 0) is 6.42 Å². The molecule has 1 aliphatic carbocycles. The van der Waals surface area contributed by atoms with E-state index in [2.05, 4.69) is 145 Å². The van der Waals surface area contributed by atoms with Crippen molar-refractivity contribution in [2.24, 2.45) is 0 Å². The Morgan fingerprint density at radius 3 is 1.79 bits per heavy atom. The van der Waals surface area contributed by atoms with Gasteiger partial charge in [0.15, 0.2) is 0 Å². The molecular weight excluding hydrogens is 470 g/mol. The first-order chi connectivity index (χ1) is 19.2. The van der Waals surface area contributed by atoms with Crippen LogP contribution in [0.2, 0.25) is 0 Å². The first-order valence-corrected chi connectivity index (χ1v) is 13.7. The van der Waals surface area contributed by atoms with Gasteiger partial charge >= 0.3 is 0 Å². The topological polar surface area (TPSA) is 4.93 Å². The van der Waals surface area contributed by atoms with E-state index < -0.39 is 0 Å². The van der Waals surface area contributed by atoms with Crippen LogP contribution in [0.3, 0.4) is 0 Å². The SMILES string of the molecule is Cc1ccc(-n2c3ccc(-c4ccccc4)cc3c3cc(-c4ccc5c(c4)Cc4ccccc4-5)ccc32)cc1. The maximum Gasteiger partial charge on any atom is 0.0541 e. The summed E-state index contributed by atoms with van der Waals surface area (Å²) in [6, 6.07) is 49.2. The van der Waals surface area contributed by atoms with Gasteiger partial charge in [-0.05, 0) is 94.3 Å². The van der Waals surface area contributed by atoms with Crippen LogP contribution in [0, 0.1) is 6.92 Å². The average Bonchev–Trinajstić information content (AvgIpc) is 3.52. The molecule has 0 amide bonds. The minimum absolute atomic E-state index is 1.01. The van der Waals surface area contributed by atoms with Crippen molar-refractivity contribution in [3.05, 3.63) is 150 Å². The fraction of sp³-hybridized carbons (Fsp3) is 0.0526. The highest BCUT2D eigenvalue weighted by molar-refractivity contribution is 6.11. The molecule has 0 bridgehead atoms. The Kier molecular flexibility index (Phi) is 4.87. The molecule has 0 spiro atoms. The van der Waals surface area contributed by atoms with Gasteiger partial charge in [0, 0.05) is 16.5 Å². The molecule has 0 atom stereocenters. The molecule has 1 aliphatic rings. The Hall–Kier alpha value is -4.88. The maximum absolute atomic E-state index is 2.40. The molecule has 6 aromatic carbocycles. The van der Waals surface area contributed by atoms with Gasteiger partial charge in [-0.3, -0.25) is 0 Å². The molecule has 1 heterocycles. The molecule has 1 aromatic heterocycles. The third kappa shape index (κ3) is 3.55. The first-order valence-electron chi connectivity index (χ1n) is 13.7. The van der Waals surface area contributed by atoms with E-state index >= 15 is 0 Å². The molecule has 8 rings (SSSR count). The minimum atomic E-state index is 1.01. The Morgan fingerprint density at radius 1 is 0.462 bits per heavy atom. The van der Waals surface area contributed by atoms with Crippen molar-refractivity contribution in [2.45, 2.75) is 13.3 Å². The summed E-state index contributed by atoms with van der Waals surface area (Å²) in [6.45, 7) is 2.14. The molecule has 0 saturated carbocycles. The Morgan fingerprint density at radius 2 is 1.05 bits per heavy atom. The van der Waals surface area contributed by atoms with Crippen LogP contribution in [0.4, 0.5) is 0 Å². The van der Waals surface area contributed by atoms with E-state index in [0.717, 1.165) is 6.42 Å². The molecule has 0 saturated heterocycles. The summed E-state index contributed by atoms with van der Waals surface area (Å²) < 4.78 is 2.40. The highest BCUT2D eigenvalue weighted by atomic mass is 15.0. The number of benzene rings is 6. The first kappa shape index (κ1) is 22.1. The predicted molar refractivity (Wildman–Crippen MR) is 165 cm³/mol. The number of aryl methyl sites for hydroxylation is 1. The molecule has 0 N–H and O–H groups in total. The largest absolute Gasteiger partial charge is 0.309 e. The van der Waals surface area contributed by atoms with E-state index in [-0.39, 0.29) is 0 Å². The van der Waals surface area contributed by atoms with Crippen LogP contribution in [0.25, 0.3) is 60.9 Å². The van der Waals surface area contributed by atoms with Gasteiger partial charge in [-0.1, -0.05) is 103 Å². The van der Waals surface area contributed by atoms with Gasteiger partial charge in [-0.15, -0.1) is 0 Å². The van der Waals surface area contributed by atoms with Crippen LogP contribution in [0.5, 0.6) is 0 Å². The Labute approximate surface area is 228 Å². The van der Waals surface area contributed by atoms with Crippen LogP contribution in [0.15, 0.2) is 133 Å². The van der Waals surface area contributed by atoms with Crippen molar-refractivity contribution in [2.75, 3.05) is 0 Å². The molecule has 0 radical (unpaired) electrons. The van der Waals surface area contributed by atoms with E-state index in [1.807, 2.05) is 0 Å². The second kappa shape index (κ2) is 8.58. The number of rotatable bonds is 3. The van der Waals surface area contributed by atoms with E-state index in [0.29, 0.717) is 0 Å². The van der Waals surface area contributed by atoms with Crippen molar-refractivity contribution in [1.82, 2.24) is 4.57 Å². The molecule has 184 valence electrons. The van der Waals surface area contributed by atoms with Crippen LogP contribution in [-0.4, -0.2) is 4.57 Å². The number of hydrogen-bond donors (Lipinski definition) is 0. The standard InChI is InChI=1S/C38H27N/c1-25-11-16-32(17-12-25)39-37-19-14-28(26-7-3-2-4-8-26)23-35(37)36-24-29(15-20-38(36)39)27-13-18-34-31(21-27)22-30-9-5-6-10-33(30)34/h2-21,23-24H,22H2,1H3. The zero-order valence-corrected chi connectivity index (χ0v) is 21.9. The average molecular weight is 498 g/mol. The number of aromatic nitrogens is 1. The van der Waals surface area contributed by atoms with Crippen molar-refractivity contribution < 1.29 is 0 Å². The van der Waals surface area contributed by atoms with Crippen molar-refractivity contribution in [3.63, 3.8) is 0 Å². The van der Waals surface area contributed by atoms with Gasteiger partial charge in [-0.2, -0.15) is 0 Å². The van der Waals surface area contributed by atoms with E-state index in [9.17, 15) is 0 Å². The summed E-state index contributed by atoms with van der Waals surface area (Å²) >= 11 is 0. The summed E-state index contributed by atoms with van der Waals surface area (Å²) in [5.74, 6) is 0. The Bertz CT molecular complexity index is 2020. The summed E-state index contributed by atoms with van der Waals surface area (Å²) in [4.78, 5) is 0. The maximum atomic E-state index is 2.40. The van der Waals surface area contributed by atoms with Crippen molar-refractivity contribution in [3.8, 4) is 39.1 Å². The molecule has 0 fully saturated rings. The summed E-state index contributed by atoms with van der Waals surface area (Å²) in [5.41, 5.74) is 15.5. The fourth-order valence-corrected chi connectivity index (χ4v) is 6.31. The third-order valence-corrected chi connectivity index (χ3v) is 8.29. The molecule has 1 heteroatoms. The summed E-state index contributed by atoms with van der Waals surface area (Å²) in [5, 5.41) is 2.56. The van der Waals surface area contributed by atoms with E-state index in [1.54, 1.807) is 0 Å². The van der Waals surface area contributed by atoms with E-state index in [4.69, 9.17) is 0 Å². The van der Waals surface area contributed by atoms with E-state index in [1.165, 1.54) is 77.6 Å². The number of hydrogen-bond acceptors (Lipinski definition) is 0. The lowest BCUT2D eigenvalue weighted by atomic mass is 9.97. The van der Waals surface area contributed by atoms with Gasteiger partial charge < -0.3 is 4.57 Å². The lowest BCUT2D eigenvalue weighted by Gasteiger charge is -2.09. The molecule has 1 nitrogen and oxygen atoms in total. The summed E-state index contributed by atoms with van der Waals surface area (Å²) in [6.07, 6.45) is 1.01. The third-order valence-electron chi connectivity index (χ3n) is 8.29. The van der Waals surface area contributed by atoms with Gasteiger partial charge in [-0.25, -0.2) is 0 Å². The van der Waals surface area contributed by atoms with Crippen LogP contribution < -0.4 is 0 Å². The Balaban J connectivity index is 1.33. The highest BCUT2D eigenvalue weighted by Crippen LogP contribution is 2.40. The molecule has 0 aliphatic heterocycles. The zero-order chi connectivity index (χ0) is 25.9. The monoisotopic (exact) mass is 497 g/mol. The smallest absolute Gasteiger partial charge is 0.0541 e. The van der Waals surface area contributed by atoms with Crippen LogP contribution in [0.1, 0.15) is 16.7 Å². The second-order valence-corrected chi connectivity index (χ2v) is 10.7. The lowest BCUT2D eigenvalue weighted by Crippen LogP contribution is -1.93. The molecular formula is C38H27N. The minimum Gasteiger partial charge on any atom is -0.309 e. The second-order valence-electron chi connectivity index (χ2n) is 10.7. The van der Waals surface area contributed by atoms with Gasteiger partial charge in [0.05, 0.1) is 11.0 Å². The predicted octanol–water partition coefficient (Wildman–Crippen LogP) is 10.00. The number of fused-ring (bicyclic) bond motifs is 6. The molecule has 39 heavy (non-hydrogen) atoms. The fourth-order valence-electron chi connectivity index (χ4n) is 6.31. The normalized spacial score (nSPS) is 12.1. The van der Waals surface area contributed by atoms with Crippen molar-refractivity contribution >= 4 is 21.8 Å². The summed E-state index contributed by atoms with van der Waals surface area (Å²) in [7, 11) is 0. The van der Waals surface area contributed by atoms with Gasteiger partial charge in [0.1, 0.15) is 0 Å². The van der Waals surface area contributed by atoms with Crippen LogP contribution >= 0.6 is 0 Å². The highest BCUT2D eigenvalue weighted by Gasteiger charge is 2.19. The van der Waals surface area contributed by atoms with Gasteiger partial charge in [0.25, 0.3) is 0 Å². The molecule has 0 unspecified atom stereocenters.